The van der Waals surface area contributed by atoms with Crippen LogP contribution in [0.2, 0.25) is 0 Å². The summed E-state index contributed by atoms with van der Waals surface area (Å²) in [6.07, 6.45) is 3.23. The maximum atomic E-state index is 12.2. The van der Waals surface area contributed by atoms with Crippen LogP contribution in [0, 0.1) is 0 Å². The van der Waals surface area contributed by atoms with E-state index in [9.17, 15) is 9.59 Å². The Kier molecular flexibility index (Phi) is 6.00. The number of hydrogen-bond donors (Lipinski definition) is 2. The molecule has 1 unspecified atom stereocenters. The molecule has 2 N–H and O–H groups in total. The minimum Gasteiger partial charge on any atom is -0.350 e. The van der Waals surface area contributed by atoms with Crippen LogP contribution in [0.1, 0.15) is 18.1 Å². The van der Waals surface area contributed by atoms with Crippen LogP contribution in [-0.2, 0) is 16.1 Å². The third-order valence-corrected chi connectivity index (χ3v) is 4.30. The summed E-state index contributed by atoms with van der Waals surface area (Å²) in [7, 11) is 0. The fraction of sp³-hybridized carbons (Fsp3) is 0.130. The molecule has 0 aliphatic rings. The van der Waals surface area contributed by atoms with Gasteiger partial charge in [0.25, 0.3) is 0 Å². The van der Waals surface area contributed by atoms with Gasteiger partial charge in [0.1, 0.15) is 6.04 Å². The van der Waals surface area contributed by atoms with Crippen molar-refractivity contribution in [3.63, 3.8) is 0 Å². The first-order chi connectivity index (χ1) is 13.1. The van der Waals surface area contributed by atoms with Crippen LogP contribution in [0.4, 0.5) is 0 Å². The first kappa shape index (κ1) is 18.4. The van der Waals surface area contributed by atoms with Crippen LogP contribution in [0.3, 0.4) is 0 Å². The van der Waals surface area contributed by atoms with Gasteiger partial charge in [-0.2, -0.15) is 0 Å². The Morgan fingerprint density at radius 3 is 2.44 bits per heavy atom. The molecule has 1 atom stereocenters. The lowest BCUT2D eigenvalue weighted by atomic mass is 10.0. The average molecular weight is 358 g/mol. The lowest BCUT2D eigenvalue weighted by Gasteiger charge is -2.13. The van der Waals surface area contributed by atoms with Crippen LogP contribution >= 0.6 is 0 Å². The summed E-state index contributed by atoms with van der Waals surface area (Å²) in [4.78, 5) is 24.3. The molecule has 2 amide bonds. The Labute approximate surface area is 158 Å². The van der Waals surface area contributed by atoms with Crippen LogP contribution in [0.5, 0.6) is 0 Å². The topological polar surface area (TPSA) is 58.2 Å². The van der Waals surface area contributed by atoms with E-state index in [1.165, 1.54) is 6.08 Å². The van der Waals surface area contributed by atoms with Crippen molar-refractivity contribution in [2.75, 3.05) is 0 Å². The summed E-state index contributed by atoms with van der Waals surface area (Å²) in [6.45, 7) is 2.11. The maximum absolute atomic E-state index is 12.2. The molecule has 0 aliphatic carbocycles. The lowest BCUT2D eigenvalue weighted by molar-refractivity contribution is -0.126. The lowest BCUT2D eigenvalue weighted by Crippen LogP contribution is -2.44. The van der Waals surface area contributed by atoms with Crippen molar-refractivity contribution in [2.45, 2.75) is 19.5 Å². The van der Waals surface area contributed by atoms with Gasteiger partial charge in [-0.3, -0.25) is 9.59 Å². The molecule has 0 bridgehead atoms. The molecule has 4 nitrogen and oxygen atoms in total. The molecule has 27 heavy (non-hydrogen) atoms. The molecule has 0 aromatic heterocycles. The highest BCUT2D eigenvalue weighted by molar-refractivity contribution is 5.98. The van der Waals surface area contributed by atoms with Crippen molar-refractivity contribution in [1.29, 1.82) is 0 Å². The minimum atomic E-state index is -0.613. The Hall–Kier alpha value is -3.40. The van der Waals surface area contributed by atoms with Gasteiger partial charge in [-0.15, -0.1) is 0 Å². The summed E-state index contributed by atoms with van der Waals surface area (Å²) in [5.74, 6) is -0.518. The molecule has 0 fully saturated rings. The van der Waals surface area contributed by atoms with Crippen molar-refractivity contribution in [3.05, 3.63) is 90.0 Å². The highest BCUT2D eigenvalue weighted by Crippen LogP contribution is 2.19. The van der Waals surface area contributed by atoms with Gasteiger partial charge in [-0.1, -0.05) is 72.8 Å². The molecule has 3 aromatic rings. The van der Waals surface area contributed by atoms with E-state index >= 15 is 0 Å². The van der Waals surface area contributed by atoms with Gasteiger partial charge in [-0.25, -0.2) is 0 Å². The number of amides is 2. The maximum Gasteiger partial charge on any atom is 0.244 e. The van der Waals surface area contributed by atoms with Crippen LogP contribution in [0.25, 0.3) is 16.8 Å². The van der Waals surface area contributed by atoms with E-state index in [-0.39, 0.29) is 11.8 Å². The summed E-state index contributed by atoms with van der Waals surface area (Å²) < 4.78 is 0. The van der Waals surface area contributed by atoms with E-state index < -0.39 is 6.04 Å². The van der Waals surface area contributed by atoms with Crippen molar-refractivity contribution in [2.24, 2.45) is 0 Å². The number of hydrogen-bond acceptors (Lipinski definition) is 2. The van der Waals surface area contributed by atoms with E-state index in [1.807, 2.05) is 72.8 Å². The summed E-state index contributed by atoms with van der Waals surface area (Å²) >= 11 is 0. The number of fused-ring (bicyclic) bond motifs is 1. The highest BCUT2D eigenvalue weighted by atomic mass is 16.2. The van der Waals surface area contributed by atoms with Crippen LogP contribution in [0.15, 0.2) is 78.9 Å². The predicted octanol–water partition coefficient (Wildman–Crippen LogP) is 3.67. The molecule has 0 saturated carbocycles. The Balaban J connectivity index is 1.56. The second-order valence-corrected chi connectivity index (χ2v) is 6.34. The zero-order valence-corrected chi connectivity index (χ0v) is 15.2. The van der Waals surface area contributed by atoms with E-state index in [0.717, 1.165) is 21.9 Å². The van der Waals surface area contributed by atoms with E-state index in [1.54, 1.807) is 13.0 Å². The minimum absolute atomic E-state index is 0.217. The van der Waals surface area contributed by atoms with Gasteiger partial charge in [0.15, 0.2) is 0 Å². The number of benzene rings is 3. The molecule has 0 aliphatic heterocycles. The predicted molar refractivity (Wildman–Crippen MR) is 109 cm³/mol. The molecule has 0 heterocycles. The Bertz CT molecular complexity index is 959. The normalized spacial score (nSPS) is 12.0. The fourth-order valence-electron chi connectivity index (χ4n) is 2.83. The third-order valence-electron chi connectivity index (χ3n) is 4.30. The van der Waals surface area contributed by atoms with E-state index in [2.05, 4.69) is 10.6 Å². The van der Waals surface area contributed by atoms with Gasteiger partial charge >= 0.3 is 0 Å². The van der Waals surface area contributed by atoms with E-state index in [0.29, 0.717) is 6.54 Å². The third kappa shape index (κ3) is 5.05. The fourth-order valence-corrected chi connectivity index (χ4v) is 2.83. The van der Waals surface area contributed by atoms with Gasteiger partial charge in [0, 0.05) is 12.6 Å². The van der Waals surface area contributed by atoms with Crippen molar-refractivity contribution in [3.8, 4) is 0 Å². The average Bonchev–Trinajstić information content (AvgIpc) is 2.71. The van der Waals surface area contributed by atoms with Crippen LogP contribution in [-0.4, -0.2) is 17.9 Å². The molecule has 0 radical (unpaired) electrons. The second-order valence-electron chi connectivity index (χ2n) is 6.34. The van der Waals surface area contributed by atoms with Crippen molar-refractivity contribution < 1.29 is 9.59 Å². The SMILES string of the molecule is CC(NC(=O)/C=C/c1cccc2ccccc12)C(=O)NCc1ccccc1. The standard InChI is InChI=1S/C23H22N2O2/c1-17(23(27)24-16-18-8-3-2-4-9-18)25-22(26)15-14-20-12-7-11-19-10-5-6-13-21(19)20/h2-15,17H,16H2,1H3,(H,24,27)(H,25,26)/b15-14+. The molecular formula is C23H22N2O2. The molecule has 3 rings (SSSR count). The first-order valence-corrected chi connectivity index (χ1v) is 8.91. The zero-order valence-electron chi connectivity index (χ0n) is 15.2. The Morgan fingerprint density at radius 2 is 1.63 bits per heavy atom. The van der Waals surface area contributed by atoms with Crippen molar-refractivity contribution in [1.82, 2.24) is 10.6 Å². The monoisotopic (exact) mass is 358 g/mol. The molecule has 0 saturated heterocycles. The molecule has 0 spiro atoms. The quantitative estimate of drug-likeness (QED) is 0.661. The summed E-state index contributed by atoms with van der Waals surface area (Å²) in [5, 5.41) is 7.72. The van der Waals surface area contributed by atoms with Gasteiger partial charge in [0.05, 0.1) is 0 Å². The summed E-state index contributed by atoms with van der Waals surface area (Å²) in [6, 6.07) is 23.0. The zero-order chi connectivity index (χ0) is 19.1. The van der Waals surface area contributed by atoms with Crippen LogP contribution < -0.4 is 10.6 Å². The number of carbonyl (C=O) groups is 2. The molecule has 3 aromatic carbocycles. The van der Waals surface area contributed by atoms with Gasteiger partial charge in [-0.05, 0) is 34.9 Å². The van der Waals surface area contributed by atoms with Gasteiger partial charge < -0.3 is 10.6 Å². The number of carbonyl (C=O) groups excluding carboxylic acids is 2. The van der Waals surface area contributed by atoms with E-state index in [4.69, 9.17) is 0 Å². The van der Waals surface area contributed by atoms with Gasteiger partial charge in [0.2, 0.25) is 11.8 Å². The van der Waals surface area contributed by atoms with Crippen molar-refractivity contribution >= 4 is 28.7 Å². The molecular weight excluding hydrogens is 336 g/mol. The number of nitrogens with one attached hydrogen (secondary N) is 2. The first-order valence-electron chi connectivity index (χ1n) is 8.91. The second kappa shape index (κ2) is 8.81. The molecule has 136 valence electrons. The summed E-state index contributed by atoms with van der Waals surface area (Å²) in [5.41, 5.74) is 1.98. The molecule has 4 heteroatoms. The highest BCUT2D eigenvalue weighted by Gasteiger charge is 2.13. The largest absolute Gasteiger partial charge is 0.350 e. The smallest absolute Gasteiger partial charge is 0.244 e. The number of rotatable bonds is 6. The Morgan fingerprint density at radius 1 is 0.926 bits per heavy atom.